The first-order valence-corrected chi connectivity index (χ1v) is 9.07. The minimum absolute atomic E-state index is 0.144. The standard InChI is InChI=1S/C13H19NO2S2/c1-2-18(15,16)13-6-4-3-5-12(13)14-9-11-7-8-17-10-11/h3-6,11,14H,2,7-10H2,1H3. The second kappa shape index (κ2) is 5.97. The van der Waals surface area contributed by atoms with Crippen molar-refractivity contribution >= 4 is 27.3 Å². The van der Waals surface area contributed by atoms with E-state index in [1.807, 2.05) is 23.9 Å². The summed E-state index contributed by atoms with van der Waals surface area (Å²) in [5.41, 5.74) is 0.747. The van der Waals surface area contributed by atoms with Crippen LogP contribution in [0.4, 0.5) is 5.69 Å². The van der Waals surface area contributed by atoms with Gasteiger partial charge in [-0.25, -0.2) is 8.42 Å². The van der Waals surface area contributed by atoms with Gasteiger partial charge in [0, 0.05) is 6.54 Å². The summed E-state index contributed by atoms with van der Waals surface area (Å²) >= 11 is 1.97. The molecule has 0 saturated carbocycles. The van der Waals surface area contributed by atoms with Crippen LogP contribution in [0, 0.1) is 5.92 Å². The first-order valence-electron chi connectivity index (χ1n) is 6.27. The highest BCUT2D eigenvalue weighted by Gasteiger charge is 2.18. The Morgan fingerprint density at radius 3 is 2.83 bits per heavy atom. The number of anilines is 1. The average Bonchev–Trinajstić information content (AvgIpc) is 2.90. The van der Waals surface area contributed by atoms with Crippen molar-refractivity contribution in [1.82, 2.24) is 0 Å². The first kappa shape index (κ1) is 13.7. The molecule has 1 atom stereocenters. The van der Waals surface area contributed by atoms with Crippen molar-refractivity contribution in [3.8, 4) is 0 Å². The van der Waals surface area contributed by atoms with Crippen molar-refractivity contribution in [3.05, 3.63) is 24.3 Å². The highest BCUT2D eigenvalue weighted by Crippen LogP contribution is 2.26. The van der Waals surface area contributed by atoms with Crippen LogP contribution in [0.15, 0.2) is 29.2 Å². The van der Waals surface area contributed by atoms with Gasteiger partial charge in [-0.2, -0.15) is 11.8 Å². The van der Waals surface area contributed by atoms with E-state index in [1.54, 1.807) is 19.1 Å². The van der Waals surface area contributed by atoms with Crippen LogP contribution in [0.3, 0.4) is 0 Å². The van der Waals surface area contributed by atoms with E-state index in [0.29, 0.717) is 10.8 Å². The minimum atomic E-state index is -3.14. The zero-order chi connectivity index (χ0) is 13.0. The lowest BCUT2D eigenvalue weighted by molar-refractivity contribution is 0.596. The summed E-state index contributed by atoms with van der Waals surface area (Å²) in [6, 6.07) is 7.19. The lowest BCUT2D eigenvalue weighted by Gasteiger charge is -2.14. The molecule has 1 aliphatic rings. The van der Waals surface area contributed by atoms with Gasteiger partial charge >= 0.3 is 0 Å². The molecule has 0 amide bonds. The molecule has 2 rings (SSSR count). The second-order valence-corrected chi connectivity index (χ2v) is 7.91. The van der Waals surface area contributed by atoms with Crippen LogP contribution in [-0.4, -0.2) is 32.2 Å². The molecule has 1 aromatic rings. The largest absolute Gasteiger partial charge is 0.384 e. The van der Waals surface area contributed by atoms with E-state index in [-0.39, 0.29) is 5.75 Å². The summed E-state index contributed by atoms with van der Waals surface area (Å²) < 4.78 is 23.9. The van der Waals surface area contributed by atoms with Crippen molar-refractivity contribution in [2.24, 2.45) is 5.92 Å². The average molecular weight is 285 g/mol. The SMILES string of the molecule is CCS(=O)(=O)c1ccccc1NCC1CCSC1. The fraction of sp³-hybridized carbons (Fsp3) is 0.538. The zero-order valence-corrected chi connectivity index (χ0v) is 12.2. The molecular formula is C13H19NO2S2. The summed E-state index contributed by atoms with van der Waals surface area (Å²) in [5, 5.41) is 3.30. The molecule has 0 radical (unpaired) electrons. The Kier molecular flexibility index (Phi) is 4.56. The minimum Gasteiger partial charge on any atom is -0.384 e. The fourth-order valence-electron chi connectivity index (χ4n) is 2.04. The van der Waals surface area contributed by atoms with Crippen LogP contribution >= 0.6 is 11.8 Å². The third kappa shape index (κ3) is 3.20. The fourth-order valence-corrected chi connectivity index (χ4v) is 4.39. The van der Waals surface area contributed by atoms with Gasteiger partial charge in [0.15, 0.2) is 9.84 Å². The molecule has 0 spiro atoms. The van der Waals surface area contributed by atoms with Crippen molar-refractivity contribution in [3.63, 3.8) is 0 Å². The molecule has 1 heterocycles. The number of hydrogen-bond acceptors (Lipinski definition) is 4. The molecule has 1 saturated heterocycles. The predicted octanol–water partition coefficient (Wildman–Crippen LogP) is 2.65. The van der Waals surface area contributed by atoms with E-state index in [2.05, 4.69) is 5.32 Å². The molecule has 1 unspecified atom stereocenters. The summed E-state index contributed by atoms with van der Waals surface area (Å²) in [6.07, 6.45) is 1.22. The molecule has 1 N–H and O–H groups in total. The Morgan fingerprint density at radius 2 is 2.17 bits per heavy atom. The van der Waals surface area contributed by atoms with E-state index in [9.17, 15) is 8.42 Å². The van der Waals surface area contributed by atoms with Crippen LogP contribution in [0.25, 0.3) is 0 Å². The maximum atomic E-state index is 12.0. The van der Waals surface area contributed by atoms with E-state index in [0.717, 1.165) is 12.2 Å². The maximum absolute atomic E-state index is 12.0. The van der Waals surface area contributed by atoms with Crippen LogP contribution < -0.4 is 5.32 Å². The van der Waals surface area contributed by atoms with Crippen molar-refractivity contribution in [2.45, 2.75) is 18.2 Å². The quantitative estimate of drug-likeness (QED) is 0.903. The Balaban J connectivity index is 2.12. The normalized spacial score (nSPS) is 19.9. The molecule has 1 aliphatic heterocycles. The lowest BCUT2D eigenvalue weighted by Crippen LogP contribution is -2.16. The number of hydrogen-bond donors (Lipinski definition) is 1. The highest BCUT2D eigenvalue weighted by molar-refractivity contribution is 7.99. The molecule has 100 valence electrons. The van der Waals surface area contributed by atoms with Gasteiger partial charge < -0.3 is 5.32 Å². The van der Waals surface area contributed by atoms with Gasteiger partial charge in [-0.3, -0.25) is 0 Å². The number of sulfone groups is 1. The smallest absolute Gasteiger partial charge is 0.180 e. The Hall–Kier alpha value is -0.680. The molecular weight excluding hydrogens is 266 g/mol. The van der Waals surface area contributed by atoms with Gasteiger partial charge in [0.25, 0.3) is 0 Å². The summed E-state index contributed by atoms with van der Waals surface area (Å²) in [7, 11) is -3.14. The molecule has 0 aliphatic carbocycles. The Labute approximate surface area is 113 Å². The highest BCUT2D eigenvalue weighted by atomic mass is 32.2. The monoisotopic (exact) mass is 285 g/mol. The van der Waals surface area contributed by atoms with E-state index in [4.69, 9.17) is 0 Å². The Bertz CT molecular complexity index is 493. The van der Waals surface area contributed by atoms with Gasteiger partial charge in [-0.15, -0.1) is 0 Å². The summed E-state index contributed by atoms with van der Waals surface area (Å²) in [4.78, 5) is 0.429. The van der Waals surface area contributed by atoms with Crippen LogP contribution in [0.1, 0.15) is 13.3 Å². The summed E-state index contributed by atoms with van der Waals surface area (Å²) in [6.45, 7) is 2.54. The molecule has 0 bridgehead atoms. The predicted molar refractivity (Wildman–Crippen MR) is 78.1 cm³/mol. The van der Waals surface area contributed by atoms with Crippen molar-refractivity contribution in [2.75, 3.05) is 29.1 Å². The number of nitrogens with one attached hydrogen (secondary N) is 1. The molecule has 18 heavy (non-hydrogen) atoms. The maximum Gasteiger partial charge on any atom is 0.180 e. The number of para-hydroxylation sites is 1. The van der Waals surface area contributed by atoms with E-state index in [1.165, 1.54) is 17.9 Å². The van der Waals surface area contributed by atoms with Gasteiger partial charge in [-0.1, -0.05) is 19.1 Å². The molecule has 1 fully saturated rings. The van der Waals surface area contributed by atoms with Crippen LogP contribution in [-0.2, 0) is 9.84 Å². The summed E-state index contributed by atoms with van der Waals surface area (Å²) in [5.74, 6) is 3.20. The zero-order valence-electron chi connectivity index (χ0n) is 10.6. The second-order valence-electron chi connectivity index (χ2n) is 4.51. The topological polar surface area (TPSA) is 46.2 Å². The number of thioether (sulfide) groups is 1. The third-order valence-corrected chi connectivity index (χ3v) is 6.23. The van der Waals surface area contributed by atoms with Gasteiger partial charge in [-0.05, 0) is 36.0 Å². The molecule has 3 nitrogen and oxygen atoms in total. The molecule has 1 aromatic carbocycles. The molecule has 5 heteroatoms. The number of benzene rings is 1. The van der Waals surface area contributed by atoms with E-state index >= 15 is 0 Å². The number of rotatable bonds is 5. The van der Waals surface area contributed by atoms with Crippen molar-refractivity contribution in [1.29, 1.82) is 0 Å². The van der Waals surface area contributed by atoms with Crippen LogP contribution in [0.5, 0.6) is 0 Å². The van der Waals surface area contributed by atoms with Crippen LogP contribution in [0.2, 0.25) is 0 Å². The Morgan fingerprint density at radius 1 is 1.39 bits per heavy atom. The van der Waals surface area contributed by atoms with Gasteiger partial charge in [0.1, 0.15) is 0 Å². The van der Waals surface area contributed by atoms with Gasteiger partial charge in [0.2, 0.25) is 0 Å². The first-order chi connectivity index (χ1) is 8.63. The van der Waals surface area contributed by atoms with Crippen molar-refractivity contribution < 1.29 is 8.42 Å². The lowest BCUT2D eigenvalue weighted by atomic mass is 10.1. The van der Waals surface area contributed by atoms with E-state index < -0.39 is 9.84 Å². The third-order valence-electron chi connectivity index (χ3n) is 3.21. The molecule has 0 aromatic heterocycles. The van der Waals surface area contributed by atoms with Gasteiger partial charge in [0.05, 0.1) is 16.3 Å².